The maximum atomic E-state index is 9.69. The summed E-state index contributed by atoms with van der Waals surface area (Å²) in [5.74, 6) is 0.342. The van der Waals surface area contributed by atoms with Crippen molar-refractivity contribution in [3.63, 3.8) is 0 Å². The van der Waals surface area contributed by atoms with E-state index in [9.17, 15) is 10.2 Å². The first-order chi connectivity index (χ1) is 8.41. The van der Waals surface area contributed by atoms with Gasteiger partial charge >= 0.3 is 0 Å². The van der Waals surface area contributed by atoms with Crippen LogP contribution in [-0.2, 0) is 5.41 Å². The number of phenolic OH excluding ortho intramolecular Hbond substituents is 2. The number of hydrogen-bond acceptors (Lipinski definition) is 3. The summed E-state index contributed by atoms with van der Waals surface area (Å²) in [6.45, 7) is 4.12. The number of phenols is 2. The second-order valence-electron chi connectivity index (χ2n) is 4.95. The van der Waals surface area contributed by atoms with Gasteiger partial charge in [-0.2, -0.15) is 0 Å². The van der Waals surface area contributed by atoms with Crippen molar-refractivity contribution in [1.29, 1.82) is 0 Å². The smallest absolute Gasteiger partial charge is 0.138 e. The molecule has 0 amide bonds. The highest BCUT2D eigenvalue weighted by atomic mass is 16.3. The van der Waals surface area contributed by atoms with Gasteiger partial charge < -0.3 is 15.9 Å². The Morgan fingerprint density at radius 1 is 0.889 bits per heavy atom. The van der Waals surface area contributed by atoms with Crippen molar-refractivity contribution < 1.29 is 10.2 Å². The molecule has 0 aromatic heterocycles. The fourth-order valence-corrected chi connectivity index (χ4v) is 1.98. The van der Waals surface area contributed by atoms with E-state index in [4.69, 9.17) is 5.73 Å². The van der Waals surface area contributed by atoms with Crippen LogP contribution in [0.1, 0.15) is 25.0 Å². The third-order valence-electron chi connectivity index (χ3n) is 3.34. The zero-order chi connectivity index (χ0) is 13.3. The Morgan fingerprint density at radius 2 is 1.44 bits per heavy atom. The molecule has 3 nitrogen and oxygen atoms in total. The Kier molecular flexibility index (Phi) is 2.91. The van der Waals surface area contributed by atoms with Gasteiger partial charge in [0.15, 0.2) is 0 Å². The van der Waals surface area contributed by atoms with Crippen LogP contribution in [0.2, 0.25) is 0 Å². The third kappa shape index (κ3) is 2.12. The standard InChI is InChI=1S/C15H17NO2/c1-15(2,10-3-6-12(17)7-4-10)11-5-8-13(16)14(18)9-11/h3-9,17-18H,16H2,1-2H3. The average Bonchev–Trinajstić information content (AvgIpc) is 2.33. The highest BCUT2D eigenvalue weighted by Gasteiger charge is 2.23. The first kappa shape index (κ1) is 12.3. The molecule has 3 heteroatoms. The minimum absolute atomic E-state index is 0.0966. The lowest BCUT2D eigenvalue weighted by atomic mass is 9.78. The molecular formula is C15H17NO2. The number of anilines is 1. The fraction of sp³-hybridized carbons (Fsp3) is 0.200. The summed E-state index contributed by atoms with van der Waals surface area (Å²) in [6.07, 6.45) is 0. The second kappa shape index (κ2) is 4.26. The van der Waals surface area contributed by atoms with Crippen LogP contribution in [0.3, 0.4) is 0 Å². The van der Waals surface area contributed by atoms with E-state index in [0.29, 0.717) is 5.69 Å². The molecule has 0 bridgehead atoms. The molecule has 0 atom stereocenters. The molecule has 0 aliphatic carbocycles. The maximum Gasteiger partial charge on any atom is 0.138 e. The van der Waals surface area contributed by atoms with Crippen molar-refractivity contribution in [3.05, 3.63) is 53.6 Å². The fourth-order valence-electron chi connectivity index (χ4n) is 1.98. The van der Waals surface area contributed by atoms with Crippen LogP contribution in [0.15, 0.2) is 42.5 Å². The van der Waals surface area contributed by atoms with Crippen LogP contribution < -0.4 is 5.73 Å². The number of hydrogen-bond donors (Lipinski definition) is 3. The lowest BCUT2D eigenvalue weighted by molar-refractivity contribution is 0.472. The molecule has 0 radical (unpaired) electrons. The van der Waals surface area contributed by atoms with E-state index in [0.717, 1.165) is 11.1 Å². The molecule has 94 valence electrons. The Labute approximate surface area is 107 Å². The minimum atomic E-state index is -0.265. The lowest BCUT2D eigenvalue weighted by Crippen LogP contribution is -2.18. The number of nitrogen functional groups attached to an aromatic ring is 1. The highest BCUT2D eigenvalue weighted by molar-refractivity contribution is 5.55. The molecule has 18 heavy (non-hydrogen) atoms. The molecule has 0 aliphatic rings. The topological polar surface area (TPSA) is 66.5 Å². The molecule has 0 unspecified atom stereocenters. The predicted molar refractivity (Wildman–Crippen MR) is 72.8 cm³/mol. The van der Waals surface area contributed by atoms with Crippen LogP contribution in [0.5, 0.6) is 11.5 Å². The van der Waals surface area contributed by atoms with Crippen molar-refractivity contribution in [2.45, 2.75) is 19.3 Å². The molecule has 0 saturated heterocycles. The summed E-state index contributed by atoms with van der Waals surface area (Å²) in [5.41, 5.74) is 7.75. The summed E-state index contributed by atoms with van der Waals surface area (Å²) in [6, 6.07) is 12.4. The molecular weight excluding hydrogens is 226 g/mol. The molecule has 4 N–H and O–H groups in total. The van der Waals surface area contributed by atoms with Crippen LogP contribution in [0.25, 0.3) is 0 Å². The quantitative estimate of drug-likeness (QED) is 0.561. The summed E-state index contributed by atoms with van der Waals surface area (Å²) in [5, 5.41) is 19.0. The molecule has 0 heterocycles. The van der Waals surface area contributed by atoms with Crippen LogP contribution in [0.4, 0.5) is 5.69 Å². The Morgan fingerprint density at radius 3 is 2.00 bits per heavy atom. The van der Waals surface area contributed by atoms with Gasteiger partial charge in [0.25, 0.3) is 0 Å². The van der Waals surface area contributed by atoms with Crippen LogP contribution >= 0.6 is 0 Å². The van der Waals surface area contributed by atoms with Crippen molar-refractivity contribution in [1.82, 2.24) is 0 Å². The van der Waals surface area contributed by atoms with E-state index >= 15 is 0 Å². The molecule has 0 saturated carbocycles. The summed E-state index contributed by atoms with van der Waals surface area (Å²) < 4.78 is 0. The van der Waals surface area contributed by atoms with Crippen molar-refractivity contribution in [3.8, 4) is 11.5 Å². The van der Waals surface area contributed by atoms with Crippen LogP contribution in [0, 0.1) is 0 Å². The first-order valence-electron chi connectivity index (χ1n) is 5.80. The Hall–Kier alpha value is -2.16. The van der Waals surface area contributed by atoms with Gasteiger partial charge in [0, 0.05) is 5.41 Å². The van der Waals surface area contributed by atoms with E-state index in [1.54, 1.807) is 24.3 Å². The van der Waals surface area contributed by atoms with E-state index in [2.05, 4.69) is 13.8 Å². The van der Waals surface area contributed by atoms with E-state index in [1.165, 1.54) is 0 Å². The SMILES string of the molecule is CC(C)(c1ccc(O)cc1)c1ccc(N)c(O)c1. The molecule has 0 fully saturated rings. The van der Waals surface area contributed by atoms with Crippen molar-refractivity contribution >= 4 is 5.69 Å². The third-order valence-corrected chi connectivity index (χ3v) is 3.34. The van der Waals surface area contributed by atoms with Gasteiger partial charge in [-0.3, -0.25) is 0 Å². The van der Waals surface area contributed by atoms with Crippen molar-refractivity contribution in [2.75, 3.05) is 5.73 Å². The lowest BCUT2D eigenvalue weighted by Gasteiger charge is -2.26. The Bertz CT molecular complexity index is 559. The maximum absolute atomic E-state index is 9.69. The summed E-state index contributed by atoms with van der Waals surface area (Å²) in [7, 11) is 0. The predicted octanol–water partition coefficient (Wildman–Crippen LogP) is 3.01. The zero-order valence-corrected chi connectivity index (χ0v) is 10.5. The van der Waals surface area contributed by atoms with E-state index in [1.807, 2.05) is 18.2 Å². The second-order valence-corrected chi connectivity index (χ2v) is 4.95. The largest absolute Gasteiger partial charge is 0.508 e. The molecule has 2 aromatic rings. The van der Waals surface area contributed by atoms with E-state index in [-0.39, 0.29) is 16.9 Å². The van der Waals surface area contributed by atoms with Gasteiger partial charge in [-0.25, -0.2) is 0 Å². The van der Waals surface area contributed by atoms with Gasteiger partial charge in [-0.05, 0) is 35.4 Å². The van der Waals surface area contributed by atoms with Gasteiger partial charge in [0.05, 0.1) is 5.69 Å². The van der Waals surface area contributed by atoms with Gasteiger partial charge in [0.2, 0.25) is 0 Å². The Balaban J connectivity index is 2.46. The molecule has 0 spiro atoms. The minimum Gasteiger partial charge on any atom is -0.508 e. The van der Waals surface area contributed by atoms with Gasteiger partial charge in [-0.15, -0.1) is 0 Å². The average molecular weight is 243 g/mol. The van der Waals surface area contributed by atoms with Gasteiger partial charge in [0.1, 0.15) is 11.5 Å². The monoisotopic (exact) mass is 243 g/mol. The van der Waals surface area contributed by atoms with Gasteiger partial charge in [-0.1, -0.05) is 32.0 Å². The molecule has 0 aliphatic heterocycles. The van der Waals surface area contributed by atoms with Crippen LogP contribution in [-0.4, -0.2) is 10.2 Å². The first-order valence-corrected chi connectivity index (χ1v) is 5.80. The number of rotatable bonds is 2. The van der Waals surface area contributed by atoms with Crippen molar-refractivity contribution in [2.24, 2.45) is 0 Å². The number of nitrogens with two attached hydrogens (primary N) is 1. The number of aromatic hydroxyl groups is 2. The summed E-state index contributed by atoms with van der Waals surface area (Å²) >= 11 is 0. The number of benzene rings is 2. The highest BCUT2D eigenvalue weighted by Crippen LogP contribution is 2.35. The molecule has 2 aromatic carbocycles. The zero-order valence-electron chi connectivity index (χ0n) is 10.5. The normalized spacial score (nSPS) is 11.4. The summed E-state index contributed by atoms with van der Waals surface area (Å²) in [4.78, 5) is 0. The molecule has 2 rings (SSSR count). The van der Waals surface area contributed by atoms with E-state index < -0.39 is 0 Å².